The van der Waals surface area contributed by atoms with E-state index in [2.05, 4.69) is 0 Å². The van der Waals surface area contributed by atoms with Crippen LogP contribution in [0.5, 0.6) is 0 Å². The predicted octanol–water partition coefficient (Wildman–Crippen LogP) is 4.03. The van der Waals surface area contributed by atoms with Gasteiger partial charge in [0.1, 0.15) is 0 Å². The van der Waals surface area contributed by atoms with Crippen molar-refractivity contribution in [2.24, 2.45) is 0 Å². The van der Waals surface area contributed by atoms with Crippen molar-refractivity contribution in [1.29, 1.82) is 0 Å². The fourth-order valence-electron chi connectivity index (χ4n) is 2.61. The number of carbonyl (C=O) groups is 1. The molecule has 102 valence electrons. The van der Waals surface area contributed by atoms with Crippen molar-refractivity contribution >= 4 is 23.2 Å². The molecule has 1 amide bonds. The van der Waals surface area contributed by atoms with Gasteiger partial charge in [-0.2, -0.15) is 0 Å². The van der Waals surface area contributed by atoms with Gasteiger partial charge in [0.05, 0.1) is 5.41 Å². The summed E-state index contributed by atoms with van der Waals surface area (Å²) >= 11 is 5.92. The van der Waals surface area contributed by atoms with Gasteiger partial charge in [0.25, 0.3) is 0 Å². The highest BCUT2D eigenvalue weighted by molar-refractivity contribution is 6.30. The van der Waals surface area contributed by atoms with Crippen LogP contribution in [0.25, 0.3) is 0 Å². The van der Waals surface area contributed by atoms with E-state index in [1.165, 1.54) is 0 Å². The third-order valence-electron chi connectivity index (χ3n) is 4.00. The van der Waals surface area contributed by atoms with Crippen molar-refractivity contribution in [2.45, 2.75) is 18.3 Å². The average molecular weight is 286 g/mol. The van der Waals surface area contributed by atoms with Crippen molar-refractivity contribution < 1.29 is 4.79 Å². The van der Waals surface area contributed by atoms with E-state index in [0.717, 1.165) is 24.1 Å². The van der Waals surface area contributed by atoms with Gasteiger partial charge in [-0.1, -0.05) is 41.9 Å². The van der Waals surface area contributed by atoms with Crippen LogP contribution in [0.15, 0.2) is 54.6 Å². The van der Waals surface area contributed by atoms with Gasteiger partial charge in [-0.15, -0.1) is 0 Å². The first-order valence-electron chi connectivity index (χ1n) is 6.73. The monoisotopic (exact) mass is 285 g/mol. The van der Waals surface area contributed by atoms with Gasteiger partial charge < -0.3 is 4.90 Å². The van der Waals surface area contributed by atoms with Crippen LogP contribution in [0.4, 0.5) is 5.69 Å². The van der Waals surface area contributed by atoms with Crippen molar-refractivity contribution in [1.82, 2.24) is 0 Å². The van der Waals surface area contributed by atoms with E-state index in [1.54, 1.807) is 4.90 Å². The number of likely N-dealkylation sites (N-methyl/N-ethyl adjacent to an activating group) is 1. The van der Waals surface area contributed by atoms with Crippen LogP contribution in [0.3, 0.4) is 0 Å². The molecule has 3 rings (SSSR count). The van der Waals surface area contributed by atoms with Crippen LogP contribution in [-0.4, -0.2) is 13.0 Å². The van der Waals surface area contributed by atoms with E-state index < -0.39 is 0 Å². The lowest BCUT2D eigenvalue weighted by Crippen LogP contribution is -2.36. The maximum atomic E-state index is 12.8. The second kappa shape index (κ2) is 4.95. The molecule has 0 bridgehead atoms. The summed E-state index contributed by atoms with van der Waals surface area (Å²) in [6, 6.07) is 17.4. The van der Waals surface area contributed by atoms with Gasteiger partial charge in [0, 0.05) is 17.8 Å². The first-order valence-corrected chi connectivity index (χ1v) is 7.10. The molecule has 1 saturated carbocycles. The van der Waals surface area contributed by atoms with Crippen molar-refractivity contribution in [2.75, 3.05) is 11.9 Å². The molecule has 2 nitrogen and oxygen atoms in total. The van der Waals surface area contributed by atoms with Crippen LogP contribution in [0.2, 0.25) is 5.02 Å². The smallest absolute Gasteiger partial charge is 0.237 e. The molecule has 3 heteroatoms. The Kier molecular flexibility index (Phi) is 3.27. The molecule has 1 aliphatic carbocycles. The number of hydrogen-bond donors (Lipinski definition) is 0. The van der Waals surface area contributed by atoms with Crippen molar-refractivity contribution in [3.8, 4) is 0 Å². The van der Waals surface area contributed by atoms with Crippen molar-refractivity contribution in [3.63, 3.8) is 0 Å². The summed E-state index contributed by atoms with van der Waals surface area (Å²) in [4.78, 5) is 14.6. The van der Waals surface area contributed by atoms with E-state index in [0.29, 0.717) is 5.02 Å². The fraction of sp³-hybridized carbons (Fsp3) is 0.235. The lowest BCUT2D eigenvalue weighted by Gasteiger charge is -2.24. The summed E-state index contributed by atoms with van der Waals surface area (Å²) in [5.41, 5.74) is 1.64. The second-order valence-corrected chi connectivity index (χ2v) is 5.73. The standard InChI is InChI=1S/C17H16ClNO/c1-19(15-5-3-2-4-6-15)16(20)17(11-12-17)13-7-9-14(18)10-8-13/h2-10H,11-12H2,1H3. The number of anilines is 1. The van der Waals surface area contributed by atoms with E-state index >= 15 is 0 Å². The molecule has 0 radical (unpaired) electrons. The highest BCUT2D eigenvalue weighted by atomic mass is 35.5. The maximum absolute atomic E-state index is 12.8. The summed E-state index contributed by atoms with van der Waals surface area (Å²) in [6.07, 6.45) is 1.81. The summed E-state index contributed by atoms with van der Waals surface area (Å²) in [6.45, 7) is 0. The lowest BCUT2D eigenvalue weighted by molar-refractivity contribution is -0.120. The Balaban J connectivity index is 1.88. The molecular weight excluding hydrogens is 270 g/mol. The van der Waals surface area contributed by atoms with Crippen LogP contribution in [0.1, 0.15) is 18.4 Å². The number of para-hydroxylation sites is 1. The van der Waals surface area contributed by atoms with E-state index in [1.807, 2.05) is 61.6 Å². The van der Waals surface area contributed by atoms with Crippen LogP contribution >= 0.6 is 11.6 Å². The molecule has 0 heterocycles. The van der Waals surface area contributed by atoms with E-state index in [-0.39, 0.29) is 11.3 Å². The van der Waals surface area contributed by atoms with Crippen LogP contribution < -0.4 is 4.90 Å². The molecule has 0 aromatic heterocycles. The summed E-state index contributed by atoms with van der Waals surface area (Å²) in [5.74, 6) is 0.158. The zero-order valence-electron chi connectivity index (χ0n) is 11.3. The molecule has 2 aromatic rings. The van der Waals surface area contributed by atoms with Gasteiger partial charge >= 0.3 is 0 Å². The molecule has 1 aliphatic rings. The summed E-state index contributed by atoms with van der Waals surface area (Å²) in [7, 11) is 1.84. The third-order valence-corrected chi connectivity index (χ3v) is 4.26. The number of hydrogen-bond acceptors (Lipinski definition) is 1. The minimum atomic E-state index is -0.352. The SMILES string of the molecule is CN(C(=O)C1(c2ccc(Cl)cc2)CC1)c1ccccc1. The summed E-state index contributed by atoms with van der Waals surface area (Å²) < 4.78 is 0. The maximum Gasteiger partial charge on any atom is 0.237 e. The fourth-order valence-corrected chi connectivity index (χ4v) is 2.74. The van der Waals surface area contributed by atoms with Gasteiger partial charge in [-0.25, -0.2) is 0 Å². The largest absolute Gasteiger partial charge is 0.315 e. The first kappa shape index (κ1) is 13.2. The van der Waals surface area contributed by atoms with E-state index in [9.17, 15) is 4.79 Å². The third kappa shape index (κ3) is 2.20. The molecule has 20 heavy (non-hydrogen) atoms. The van der Waals surface area contributed by atoms with Crippen LogP contribution in [-0.2, 0) is 10.2 Å². The molecule has 0 atom stereocenters. The number of halogens is 1. The Morgan fingerprint density at radius 1 is 1.05 bits per heavy atom. The second-order valence-electron chi connectivity index (χ2n) is 5.29. The molecule has 0 spiro atoms. The molecule has 0 saturated heterocycles. The Labute approximate surface area is 124 Å². The minimum Gasteiger partial charge on any atom is -0.315 e. The van der Waals surface area contributed by atoms with Gasteiger partial charge in [-0.05, 0) is 42.7 Å². The normalized spacial score (nSPS) is 15.7. The highest BCUT2D eigenvalue weighted by Crippen LogP contribution is 2.50. The number of rotatable bonds is 3. The highest BCUT2D eigenvalue weighted by Gasteiger charge is 2.52. The van der Waals surface area contributed by atoms with E-state index in [4.69, 9.17) is 11.6 Å². The van der Waals surface area contributed by atoms with Gasteiger partial charge in [0.15, 0.2) is 0 Å². The van der Waals surface area contributed by atoms with Gasteiger partial charge in [-0.3, -0.25) is 4.79 Å². The Morgan fingerprint density at radius 3 is 2.20 bits per heavy atom. The zero-order valence-corrected chi connectivity index (χ0v) is 12.1. The lowest BCUT2D eigenvalue weighted by atomic mass is 9.94. The van der Waals surface area contributed by atoms with Crippen LogP contribution in [0, 0.1) is 0 Å². The van der Waals surface area contributed by atoms with Crippen molar-refractivity contribution in [3.05, 3.63) is 65.2 Å². The predicted molar refractivity (Wildman–Crippen MR) is 82.2 cm³/mol. The Morgan fingerprint density at radius 2 is 1.65 bits per heavy atom. The Bertz CT molecular complexity index is 617. The number of nitrogens with zero attached hydrogens (tertiary/aromatic N) is 1. The molecule has 0 unspecified atom stereocenters. The molecular formula is C17H16ClNO. The number of amides is 1. The number of carbonyl (C=O) groups excluding carboxylic acids is 1. The summed E-state index contributed by atoms with van der Waals surface area (Å²) in [5, 5.41) is 0.702. The number of benzene rings is 2. The quantitative estimate of drug-likeness (QED) is 0.833. The average Bonchev–Trinajstić information content (AvgIpc) is 3.29. The Hall–Kier alpha value is -1.80. The molecule has 0 aliphatic heterocycles. The molecule has 2 aromatic carbocycles. The minimum absolute atomic E-state index is 0.158. The zero-order chi connectivity index (χ0) is 14.2. The van der Waals surface area contributed by atoms with Gasteiger partial charge in [0.2, 0.25) is 5.91 Å². The molecule has 0 N–H and O–H groups in total. The topological polar surface area (TPSA) is 20.3 Å². The molecule has 1 fully saturated rings. The first-order chi connectivity index (χ1) is 9.63.